The van der Waals surface area contributed by atoms with Gasteiger partial charge in [0, 0.05) is 14.7 Å². The molecule has 0 nitrogen and oxygen atoms in total. The summed E-state index contributed by atoms with van der Waals surface area (Å²) in [4.78, 5) is 1.25. The van der Waals surface area contributed by atoms with Gasteiger partial charge in [-0.05, 0) is 48.6 Å². The van der Waals surface area contributed by atoms with Gasteiger partial charge in [0.25, 0.3) is 0 Å². The molecule has 0 heterocycles. The maximum atomic E-state index is 6.35. The van der Waals surface area contributed by atoms with Gasteiger partial charge in [0.05, 0.1) is 0 Å². The third-order valence-electron chi connectivity index (χ3n) is 3.56. The average molecular weight is 351 g/mol. The van der Waals surface area contributed by atoms with Gasteiger partial charge in [-0.25, -0.2) is 0 Å². The van der Waals surface area contributed by atoms with E-state index in [4.69, 9.17) is 11.6 Å². The molecule has 0 aliphatic heterocycles. The van der Waals surface area contributed by atoms with Crippen molar-refractivity contribution < 1.29 is 0 Å². The van der Waals surface area contributed by atoms with E-state index >= 15 is 0 Å². The summed E-state index contributed by atoms with van der Waals surface area (Å²) in [5, 5.41) is 0.851. The summed E-state index contributed by atoms with van der Waals surface area (Å²) in [7, 11) is 3.70. The van der Waals surface area contributed by atoms with Gasteiger partial charge in [-0.15, -0.1) is 0 Å². The van der Waals surface area contributed by atoms with Crippen molar-refractivity contribution in [2.75, 3.05) is 0 Å². The number of halogens is 1. The van der Waals surface area contributed by atoms with Gasteiger partial charge in [-0.1, -0.05) is 84.3 Å². The maximum Gasteiger partial charge on any atom is 0.0459 e. The molecule has 0 radical (unpaired) electrons. The van der Waals surface area contributed by atoms with Crippen molar-refractivity contribution in [1.82, 2.24) is 0 Å². The largest absolute Gasteiger partial charge is 0.0840 e. The van der Waals surface area contributed by atoms with Crippen LogP contribution >= 0.6 is 33.2 Å². The summed E-state index contributed by atoms with van der Waals surface area (Å²) < 4.78 is 0.0630. The van der Waals surface area contributed by atoms with E-state index in [2.05, 4.69) is 77.1 Å². The first-order valence-electron chi connectivity index (χ1n) is 7.41. The van der Waals surface area contributed by atoms with Gasteiger partial charge in [0.2, 0.25) is 0 Å². The molecule has 0 atom stereocenters. The summed E-state index contributed by atoms with van der Waals surface area (Å²) in [5.41, 5.74) is 2.61. The van der Waals surface area contributed by atoms with Crippen LogP contribution in [0.25, 0.3) is 0 Å². The zero-order valence-corrected chi connectivity index (χ0v) is 16.2. The molecule has 0 aromatic heterocycles. The van der Waals surface area contributed by atoms with E-state index in [1.165, 1.54) is 16.0 Å². The lowest BCUT2D eigenvalue weighted by Gasteiger charge is -2.25. The Bertz CT molecular complexity index is 628. The van der Waals surface area contributed by atoms with E-state index in [1.807, 2.05) is 27.7 Å². The summed E-state index contributed by atoms with van der Waals surface area (Å²) in [6.45, 7) is 11.1. The third-order valence-corrected chi connectivity index (χ3v) is 7.15. The number of hydrogen-bond acceptors (Lipinski definition) is 2. The van der Waals surface area contributed by atoms with Crippen LogP contribution in [-0.2, 0) is 10.2 Å². The molecule has 0 spiro atoms. The van der Waals surface area contributed by atoms with E-state index in [-0.39, 0.29) is 10.2 Å². The quantitative estimate of drug-likeness (QED) is 0.530. The highest BCUT2D eigenvalue weighted by Crippen LogP contribution is 2.47. The van der Waals surface area contributed by atoms with E-state index in [9.17, 15) is 0 Å². The molecular weight excluding hydrogens is 328 g/mol. The highest BCUT2D eigenvalue weighted by Gasteiger charge is 2.23. The molecule has 0 aliphatic carbocycles. The topological polar surface area (TPSA) is 0 Å². The van der Waals surface area contributed by atoms with Crippen LogP contribution in [-0.4, -0.2) is 0 Å². The second kappa shape index (κ2) is 6.90. The normalized spacial score (nSPS) is 12.5. The van der Waals surface area contributed by atoms with Gasteiger partial charge < -0.3 is 0 Å². The molecule has 0 aliphatic rings. The highest BCUT2D eigenvalue weighted by molar-refractivity contribution is 8.77. The Morgan fingerprint density at radius 1 is 0.864 bits per heavy atom. The predicted octanol–water partition coefficient (Wildman–Crippen LogP) is 7.31. The Labute approximate surface area is 147 Å². The van der Waals surface area contributed by atoms with Crippen LogP contribution in [0.3, 0.4) is 0 Å². The Kier molecular flexibility index (Phi) is 5.58. The molecule has 0 saturated heterocycles. The second-order valence-electron chi connectivity index (χ2n) is 6.93. The Morgan fingerprint density at radius 2 is 1.50 bits per heavy atom. The standard InChI is InChI=1S/C19H23ClS2/c1-18(2,3)16-13-15(11-12-17(16)20)21-22-19(4,5)14-9-7-6-8-10-14/h6-13H,1-5H3. The predicted molar refractivity (Wildman–Crippen MR) is 103 cm³/mol. The van der Waals surface area contributed by atoms with Gasteiger partial charge in [0.1, 0.15) is 0 Å². The molecule has 2 rings (SSSR count). The first-order valence-corrected chi connectivity index (χ1v) is 9.94. The summed E-state index contributed by atoms with van der Waals surface area (Å²) in [5.74, 6) is 0. The molecule has 0 fully saturated rings. The van der Waals surface area contributed by atoms with Crippen molar-refractivity contribution in [2.45, 2.75) is 49.7 Å². The molecule has 3 heteroatoms. The first-order chi connectivity index (χ1) is 10.2. The summed E-state index contributed by atoms with van der Waals surface area (Å²) in [6.07, 6.45) is 0. The van der Waals surface area contributed by atoms with Crippen LogP contribution in [0.15, 0.2) is 53.4 Å². The molecular formula is C19H23ClS2. The average Bonchev–Trinajstić information content (AvgIpc) is 2.46. The molecule has 0 unspecified atom stereocenters. The molecule has 22 heavy (non-hydrogen) atoms. The Hall–Kier alpha value is -0.570. The number of hydrogen-bond donors (Lipinski definition) is 0. The van der Waals surface area contributed by atoms with Crippen molar-refractivity contribution in [3.8, 4) is 0 Å². The lowest BCUT2D eigenvalue weighted by Crippen LogP contribution is -2.12. The van der Waals surface area contributed by atoms with E-state index in [1.54, 1.807) is 0 Å². The van der Waals surface area contributed by atoms with Gasteiger partial charge in [-0.3, -0.25) is 0 Å². The Morgan fingerprint density at radius 3 is 2.09 bits per heavy atom. The summed E-state index contributed by atoms with van der Waals surface area (Å²) in [6, 6.07) is 17.0. The van der Waals surface area contributed by atoms with E-state index in [0.29, 0.717) is 0 Å². The third kappa shape index (κ3) is 4.47. The smallest absolute Gasteiger partial charge is 0.0459 e. The SMILES string of the molecule is CC(C)(C)c1cc(SSC(C)(C)c2ccccc2)ccc1Cl. The molecule has 0 bridgehead atoms. The number of benzene rings is 2. The van der Waals surface area contributed by atoms with Crippen molar-refractivity contribution in [3.63, 3.8) is 0 Å². The van der Waals surface area contributed by atoms with Crippen LogP contribution in [0.2, 0.25) is 5.02 Å². The van der Waals surface area contributed by atoms with Gasteiger partial charge in [-0.2, -0.15) is 0 Å². The zero-order chi connectivity index (χ0) is 16.4. The zero-order valence-electron chi connectivity index (χ0n) is 13.8. The van der Waals surface area contributed by atoms with Crippen LogP contribution in [0.1, 0.15) is 45.7 Å². The first kappa shape index (κ1) is 17.8. The van der Waals surface area contributed by atoms with Crippen molar-refractivity contribution in [1.29, 1.82) is 0 Å². The molecule has 0 amide bonds. The Balaban J connectivity index is 2.15. The molecule has 2 aromatic carbocycles. The fourth-order valence-corrected chi connectivity index (χ4v) is 4.91. The minimum Gasteiger partial charge on any atom is -0.0840 e. The van der Waals surface area contributed by atoms with E-state index in [0.717, 1.165) is 5.02 Å². The number of rotatable bonds is 4. The fourth-order valence-electron chi connectivity index (χ4n) is 2.17. The van der Waals surface area contributed by atoms with Gasteiger partial charge >= 0.3 is 0 Å². The molecule has 2 aromatic rings. The van der Waals surface area contributed by atoms with Crippen LogP contribution in [0, 0.1) is 0 Å². The van der Waals surface area contributed by atoms with E-state index < -0.39 is 0 Å². The minimum absolute atomic E-state index is 0.0628. The molecule has 0 N–H and O–H groups in total. The van der Waals surface area contributed by atoms with Crippen molar-refractivity contribution in [3.05, 3.63) is 64.7 Å². The van der Waals surface area contributed by atoms with Crippen LogP contribution in [0.5, 0.6) is 0 Å². The second-order valence-corrected chi connectivity index (χ2v) is 10.2. The molecule has 0 saturated carbocycles. The van der Waals surface area contributed by atoms with Gasteiger partial charge in [0.15, 0.2) is 0 Å². The highest BCUT2D eigenvalue weighted by atomic mass is 35.5. The fraction of sp³-hybridized carbons (Fsp3) is 0.368. The monoisotopic (exact) mass is 350 g/mol. The lowest BCUT2D eigenvalue weighted by molar-refractivity contribution is 0.589. The summed E-state index contributed by atoms with van der Waals surface area (Å²) >= 11 is 6.35. The lowest BCUT2D eigenvalue weighted by atomic mass is 9.87. The van der Waals surface area contributed by atoms with Crippen LogP contribution < -0.4 is 0 Å². The van der Waals surface area contributed by atoms with Crippen LogP contribution in [0.4, 0.5) is 0 Å². The van der Waals surface area contributed by atoms with Crippen molar-refractivity contribution >= 4 is 33.2 Å². The minimum atomic E-state index is 0.0628. The van der Waals surface area contributed by atoms with Crippen molar-refractivity contribution in [2.24, 2.45) is 0 Å². The maximum absolute atomic E-state index is 6.35. The molecule has 118 valence electrons.